The van der Waals surface area contributed by atoms with Crippen molar-refractivity contribution < 1.29 is 18.4 Å². The molecule has 2 aromatic rings. The highest BCUT2D eigenvalue weighted by Gasteiger charge is 2.30. The van der Waals surface area contributed by atoms with Crippen LogP contribution in [0.4, 0.5) is 9.18 Å². The quantitative estimate of drug-likeness (QED) is 0.564. The minimum absolute atomic E-state index is 0.0604. The monoisotopic (exact) mass is 456 g/mol. The third kappa shape index (κ3) is 5.42. The Morgan fingerprint density at radius 2 is 2.00 bits per heavy atom. The molecule has 1 aromatic heterocycles. The molecule has 0 bridgehead atoms. The highest BCUT2D eigenvalue weighted by Crippen LogP contribution is 2.35. The first-order valence-corrected chi connectivity index (χ1v) is 11.8. The Balaban J connectivity index is 1.47. The van der Waals surface area contributed by atoms with Crippen LogP contribution in [0.5, 0.6) is 0 Å². The van der Waals surface area contributed by atoms with Crippen molar-refractivity contribution in [2.75, 3.05) is 20.1 Å². The summed E-state index contributed by atoms with van der Waals surface area (Å²) >= 11 is 0. The van der Waals surface area contributed by atoms with Crippen molar-refractivity contribution in [3.63, 3.8) is 0 Å². The highest BCUT2D eigenvalue weighted by molar-refractivity contribution is 5.83. The maximum atomic E-state index is 15.5. The first-order chi connectivity index (χ1) is 15.7. The van der Waals surface area contributed by atoms with Gasteiger partial charge in [-0.1, -0.05) is 30.5 Å². The van der Waals surface area contributed by atoms with E-state index in [1.54, 1.807) is 24.2 Å². The van der Waals surface area contributed by atoms with E-state index >= 15 is 4.39 Å². The highest BCUT2D eigenvalue weighted by atomic mass is 19.1. The van der Waals surface area contributed by atoms with E-state index < -0.39 is 5.60 Å². The molecule has 2 heterocycles. The lowest BCUT2D eigenvalue weighted by molar-refractivity contribution is 0.0203. The smallest absolute Gasteiger partial charge is 0.410 e. The van der Waals surface area contributed by atoms with E-state index in [2.05, 4.69) is 15.1 Å². The third-order valence-corrected chi connectivity index (χ3v) is 6.45. The van der Waals surface area contributed by atoms with Crippen LogP contribution in [0.25, 0.3) is 11.5 Å². The predicted molar refractivity (Wildman–Crippen MR) is 124 cm³/mol. The number of carbonyl (C=O) groups is 1. The molecule has 1 saturated carbocycles. The summed E-state index contributed by atoms with van der Waals surface area (Å²) in [6.45, 7) is 6.70. The summed E-state index contributed by atoms with van der Waals surface area (Å²) in [5, 5.41) is 4.15. The topological polar surface area (TPSA) is 80.8 Å². The van der Waals surface area contributed by atoms with E-state index in [-0.39, 0.29) is 23.7 Å². The zero-order valence-electron chi connectivity index (χ0n) is 19.9. The molecule has 2 fully saturated rings. The number of benzene rings is 1. The lowest BCUT2D eigenvalue weighted by atomic mass is 9.79. The molecule has 1 saturated heterocycles. The first kappa shape index (κ1) is 23.4. The van der Waals surface area contributed by atoms with Gasteiger partial charge in [0.15, 0.2) is 5.82 Å². The summed E-state index contributed by atoms with van der Waals surface area (Å²) in [7, 11) is 1.69. The lowest BCUT2D eigenvalue weighted by Gasteiger charge is -2.32. The molecule has 0 spiro atoms. The zero-order valence-corrected chi connectivity index (χ0v) is 19.9. The number of aromatic nitrogens is 2. The number of halogens is 1. The number of rotatable bonds is 5. The Hall–Kier alpha value is -2.77. The molecule has 0 N–H and O–H groups in total. The van der Waals surface area contributed by atoms with E-state index in [0.717, 1.165) is 18.4 Å². The van der Waals surface area contributed by atoms with E-state index in [1.807, 2.05) is 26.8 Å². The predicted octanol–water partition coefficient (Wildman–Crippen LogP) is 5.38. The van der Waals surface area contributed by atoms with Gasteiger partial charge in [-0.2, -0.15) is 4.98 Å². The molecular weight excluding hydrogens is 423 g/mol. The molecule has 2 aliphatic rings. The largest absolute Gasteiger partial charge is 0.444 e. The molecular formula is C25H33FN4O3. The van der Waals surface area contributed by atoms with Crippen molar-refractivity contribution in [3.8, 4) is 11.5 Å². The average molecular weight is 457 g/mol. The van der Waals surface area contributed by atoms with Gasteiger partial charge in [0.2, 0.25) is 0 Å². The van der Waals surface area contributed by atoms with Gasteiger partial charge in [0, 0.05) is 32.3 Å². The van der Waals surface area contributed by atoms with E-state index in [0.29, 0.717) is 55.2 Å². The van der Waals surface area contributed by atoms with Gasteiger partial charge in [-0.25, -0.2) is 9.18 Å². The maximum Gasteiger partial charge on any atom is 0.410 e. The van der Waals surface area contributed by atoms with Crippen molar-refractivity contribution in [2.45, 2.75) is 70.8 Å². The number of hydrogen-bond donors (Lipinski definition) is 0. The Morgan fingerprint density at radius 1 is 1.27 bits per heavy atom. The van der Waals surface area contributed by atoms with Gasteiger partial charge in [-0.3, -0.25) is 4.99 Å². The zero-order chi connectivity index (χ0) is 23.6. The van der Waals surface area contributed by atoms with E-state index in [9.17, 15) is 4.79 Å². The second-order valence-corrected chi connectivity index (χ2v) is 10.1. The van der Waals surface area contributed by atoms with E-state index in [1.165, 1.54) is 6.42 Å². The SMILES string of the molecule is C/N=C\c1ccc(-c2nc(C3CCN(C(=O)OC(C)(C)C)CC3)no2)c(F)c1CC1CCC1. The van der Waals surface area contributed by atoms with Gasteiger partial charge in [-0.15, -0.1) is 0 Å². The summed E-state index contributed by atoms with van der Waals surface area (Å²) in [5.41, 5.74) is 1.30. The number of piperidine rings is 1. The Labute approximate surface area is 194 Å². The van der Waals surface area contributed by atoms with E-state index in [4.69, 9.17) is 9.26 Å². The number of ether oxygens (including phenoxy) is 1. The van der Waals surface area contributed by atoms with Gasteiger partial charge in [-0.05, 0) is 63.1 Å². The fourth-order valence-corrected chi connectivity index (χ4v) is 4.41. The summed E-state index contributed by atoms with van der Waals surface area (Å²) in [4.78, 5) is 22.6. The molecule has 1 aliphatic carbocycles. The minimum atomic E-state index is -0.517. The van der Waals surface area contributed by atoms with Crippen LogP contribution in [0, 0.1) is 11.7 Å². The molecule has 0 unspecified atom stereocenters. The summed E-state index contributed by atoms with van der Waals surface area (Å²) in [6.07, 6.45) is 7.01. The summed E-state index contributed by atoms with van der Waals surface area (Å²) in [5.74, 6) is 1.05. The number of hydrogen-bond acceptors (Lipinski definition) is 6. The van der Waals surface area contributed by atoms with Crippen LogP contribution in [0.3, 0.4) is 0 Å². The van der Waals surface area contributed by atoms with Crippen molar-refractivity contribution in [3.05, 3.63) is 34.9 Å². The summed E-state index contributed by atoms with van der Waals surface area (Å²) < 4.78 is 26.5. The van der Waals surface area contributed by atoms with Crippen LogP contribution in [0.2, 0.25) is 0 Å². The molecule has 7 nitrogen and oxygen atoms in total. The molecule has 4 rings (SSSR count). The number of aliphatic imine (C=N–C) groups is 1. The number of likely N-dealkylation sites (tertiary alicyclic amines) is 1. The fraction of sp³-hybridized carbons (Fsp3) is 0.600. The number of nitrogens with zero attached hydrogens (tertiary/aromatic N) is 4. The maximum absolute atomic E-state index is 15.5. The molecule has 1 amide bonds. The lowest BCUT2D eigenvalue weighted by Crippen LogP contribution is -2.41. The average Bonchev–Trinajstić information content (AvgIpc) is 3.21. The van der Waals surface area contributed by atoms with Crippen molar-refractivity contribution in [1.82, 2.24) is 15.0 Å². The molecule has 1 aromatic carbocycles. The molecule has 1 aliphatic heterocycles. The van der Waals surface area contributed by atoms with Crippen LogP contribution in [-0.2, 0) is 11.2 Å². The van der Waals surface area contributed by atoms with Crippen molar-refractivity contribution in [1.29, 1.82) is 0 Å². The van der Waals surface area contributed by atoms with Gasteiger partial charge >= 0.3 is 6.09 Å². The van der Waals surface area contributed by atoms with Gasteiger partial charge in [0.1, 0.15) is 11.4 Å². The van der Waals surface area contributed by atoms with Crippen LogP contribution in [-0.4, -0.2) is 53.1 Å². The Bertz CT molecular complexity index is 1020. The van der Waals surface area contributed by atoms with Crippen LogP contribution < -0.4 is 0 Å². The normalized spacial score (nSPS) is 18.0. The molecule has 8 heteroatoms. The van der Waals surface area contributed by atoms with Crippen LogP contribution >= 0.6 is 0 Å². The van der Waals surface area contributed by atoms with Crippen molar-refractivity contribution >= 4 is 12.3 Å². The van der Waals surface area contributed by atoms with Crippen molar-refractivity contribution in [2.24, 2.45) is 10.9 Å². The second-order valence-electron chi connectivity index (χ2n) is 10.1. The molecule has 33 heavy (non-hydrogen) atoms. The Morgan fingerprint density at radius 3 is 2.61 bits per heavy atom. The molecule has 0 radical (unpaired) electrons. The van der Waals surface area contributed by atoms with Gasteiger partial charge < -0.3 is 14.2 Å². The van der Waals surface area contributed by atoms with Gasteiger partial charge in [0.05, 0.1) is 5.56 Å². The fourth-order valence-electron chi connectivity index (χ4n) is 4.41. The third-order valence-electron chi connectivity index (χ3n) is 6.45. The first-order valence-electron chi connectivity index (χ1n) is 11.8. The van der Waals surface area contributed by atoms with Gasteiger partial charge in [0.25, 0.3) is 5.89 Å². The summed E-state index contributed by atoms with van der Waals surface area (Å²) in [6, 6.07) is 3.57. The number of amides is 1. The number of carbonyl (C=O) groups excluding carboxylic acids is 1. The standard InChI is InChI=1S/C25H33FN4O3/c1-25(2,3)32-24(31)30-12-10-17(11-13-30)22-28-23(33-29-22)19-9-8-18(15-27-4)20(21(19)26)14-16-6-5-7-16/h8-9,15-17H,5-7,10-14H2,1-4H3/b27-15-. The molecule has 0 atom stereocenters. The molecule has 178 valence electrons. The van der Waals surface area contributed by atoms with Crippen LogP contribution in [0.15, 0.2) is 21.6 Å². The minimum Gasteiger partial charge on any atom is -0.444 e. The Kier molecular flexibility index (Phi) is 6.81. The second kappa shape index (κ2) is 9.61. The van der Waals surface area contributed by atoms with Crippen LogP contribution in [0.1, 0.15) is 75.7 Å².